The van der Waals surface area contributed by atoms with E-state index in [4.69, 9.17) is 9.47 Å². The van der Waals surface area contributed by atoms with Crippen LogP contribution in [0.3, 0.4) is 0 Å². The van der Waals surface area contributed by atoms with Crippen LogP contribution in [0.2, 0.25) is 0 Å². The molecule has 2 aromatic carbocycles. The number of alkyl carbamates (subject to hydrolysis) is 1. The topological polar surface area (TPSA) is 93.7 Å². The van der Waals surface area contributed by atoms with Gasteiger partial charge in [0.1, 0.15) is 18.7 Å². The first-order valence-electron chi connectivity index (χ1n) is 10.4. The molecule has 0 unspecified atom stereocenters. The van der Waals surface area contributed by atoms with E-state index >= 15 is 0 Å². The monoisotopic (exact) mass is 424 g/mol. The minimum atomic E-state index is -0.892. The molecule has 2 atom stereocenters. The second-order valence-electron chi connectivity index (χ2n) is 7.71. The molecule has 1 fully saturated rings. The van der Waals surface area contributed by atoms with Crippen molar-refractivity contribution < 1.29 is 23.9 Å². The van der Waals surface area contributed by atoms with Gasteiger partial charge < -0.3 is 20.1 Å². The Bertz CT molecular complexity index is 868. The normalized spacial score (nSPS) is 14.7. The predicted octanol–water partition coefficient (Wildman–Crippen LogP) is 2.98. The van der Waals surface area contributed by atoms with Crippen molar-refractivity contribution in [1.29, 1.82) is 0 Å². The highest BCUT2D eigenvalue weighted by atomic mass is 16.5. The van der Waals surface area contributed by atoms with Crippen LogP contribution in [0, 0.1) is 5.92 Å². The van der Waals surface area contributed by atoms with Crippen molar-refractivity contribution in [3.8, 4) is 0 Å². The molecule has 0 heterocycles. The van der Waals surface area contributed by atoms with E-state index in [1.807, 2.05) is 60.7 Å². The molecular weight excluding hydrogens is 396 g/mol. The molecule has 164 valence electrons. The Morgan fingerprint density at radius 1 is 0.903 bits per heavy atom. The Morgan fingerprint density at radius 3 is 2.10 bits per heavy atom. The summed E-state index contributed by atoms with van der Waals surface area (Å²) in [4.78, 5) is 37.5. The molecule has 1 aliphatic rings. The number of hydrogen-bond donors (Lipinski definition) is 2. The summed E-state index contributed by atoms with van der Waals surface area (Å²) in [5.41, 5.74) is 1.72. The first kappa shape index (κ1) is 22.3. The van der Waals surface area contributed by atoms with Gasteiger partial charge in [-0.15, -0.1) is 0 Å². The van der Waals surface area contributed by atoms with E-state index in [9.17, 15) is 14.4 Å². The maximum absolute atomic E-state index is 13.0. The van der Waals surface area contributed by atoms with Crippen LogP contribution in [0.5, 0.6) is 0 Å². The molecule has 0 radical (unpaired) electrons. The highest BCUT2D eigenvalue weighted by molar-refractivity contribution is 5.89. The van der Waals surface area contributed by atoms with Gasteiger partial charge in [0.2, 0.25) is 5.91 Å². The number of rotatable bonds is 10. The Labute approximate surface area is 182 Å². The molecule has 7 nitrogen and oxygen atoms in total. The molecule has 0 bridgehead atoms. The Hall–Kier alpha value is -3.35. The van der Waals surface area contributed by atoms with Gasteiger partial charge in [0.05, 0.1) is 7.11 Å². The van der Waals surface area contributed by atoms with Gasteiger partial charge in [-0.2, -0.15) is 0 Å². The molecule has 7 heteroatoms. The van der Waals surface area contributed by atoms with Gasteiger partial charge in [-0.1, -0.05) is 73.5 Å². The zero-order chi connectivity index (χ0) is 22.1. The van der Waals surface area contributed by atoms with Crippen molar-refractivity contribution in [3.63, 3.8) is 0 Å². The quantitative estimate of drug-likeness (QED) is 0.572. The van der Waals surface area contributed by atoms with E-state index in [-0.39, 0.29) is 13.0 Å². The highest BCUT2D eigenvalue weighted by Crippen LogP contribution is 2.33. The zero-order valence-electron chi connectivity index (χ0n) is 17.6. The third-order valence-electron chi connectivity index (χ3n) is 5.17. The van der Waals surface area contributed by atoms with Crippen LogP contribution in [0.4, 0.5) is 4.79 Å². The number of nitrogens with one attached hydrogen (secondary N) is 2. The highest BCUT2D eigenvalue weighted by Gasteiger charge is 2.33. The maximum Gasteiger partial charge on any atom is 0.408 e. The number of ether oxygens (including phenoxy) is 2. The summed E-state index contributed by atoms with van der Waals surface area (Å²) < 4.78 is 10.1. The van der Waals surface area contributed by atoms with Gasteiger partial charge in [-0.3, -0.25) is 4.79 Å². The average molecular weight is 424 g/mol. The standard InChI is InChI=1S/C24H28N2O5/c1-30-23(28)21(15-18-12-13-18)25-22(27)20(14-17-8-4-2-5-9-17)26-24(29)31-16-19-10-6-3-7-11-19/h2-11,18,20-21H,12-16H2,1H3,(H,25,27)(H,26,29)/t20-,21-/m0/s1. The second kappa shape index (κ2) is 11.2. The van der Waals surface area contributed by atoms with Gasteiger partial charge in [-0.05, 0) is 23.5 Å². The molecule has 2 N–H and O–H groups in total. The third kappa shape index (κ3) is 7.44. The van der Waals surface area contributed by atoms with Gasteiger partial charge in [0, 0.05) is 6.42 Å². The molecule has 0 spiro atoms. The fraction of sp³-hybridized carbons (Fsp3) is 0.375. The fourth-order valence-corrected chi connectivity index (χ4v) is 3.28. The lowest BCUT2D eigenvalue weighted by atomic mass is 10.0. The largest absolute Gasteiger partial charge is 0.467 e. The molecule has 31 heavy (non-hydrogen) atoms. The first-order valence-corrected chi connectivity index (χ1v) is 10.4. The predicted molar refractivity (Wildman–Crippen MR) is 115 cm³/mol. The lowest BCUT2D eigenvalue weighted by Crippen LogP contribution is -2.52. The van der Waals surface area contributed by atoms with Crippen LogP contribution in [0.15, 0.2) is 60.7 Å². The summed E-state index contributed by atoms with van der Waals surface area (Å²) in [6.07, 6.45) is 2.19. The van der Waals surface area contributed by atoms with Crippen molar-refractivity contribution in [2.45, 2.75) is 44.4 Å². The van der Waals surface area contributed by atoms with Crippen molar-refractivity contribution >= 4 is 18.0 Å². The molecule has 2 amide bonds. The van der Waals surface area contributed by atoms with Crippen LogP contribution in [-0.2, 0) is 32.1 Å². The molecule has 0 aromatic heterocycles. The van der Waals surface area contributed by atoms with Crippen molar-refractivity contribution in [3.05, 3.63) is 71.8 Å². The fourth-order valence-electron chi connectivity index (χ4n) is 3.28. The summed E-state index contributed by atoms with van der Waals surface area (Å²) in [6.45, 7) is 0.0960. The lowest BCUT2D eigenvalue weighted by Gasteiger charge is -2.22. The summed E-state index contributed by atoms with van der Waals surface area (Å²) >= 11 is 0. The van der Waals surface area contributed by atoms with Gasteiger partial charge in [-0.25, -0.2) is 9.59 Å². The van der Waals surface area contributed by atoms with Crippen LogP contribution in [0.1, 0.15) is 30.4 Å². The minimum Gasteiger partial charge on any atom is -0.467 e. The summed E-state index contributed by atoms with van der Waals surface area (Å²) in [6, 6.07) is 17.0. The van der Waals surface area contributed by atoms with E-state index < -0.39 is 30.1 Å². The van der Waals surface area contributed by atoms with E-state index in [1.54, 1.807) is 0 Å². The van der Waals surface area contributed by atoms with Gasteiger partial charge >= 0.3 is 12.1 Å². The van der Waals surface area contributed by atoms with Crippen LogP contribution >= 0.6 is 0 Å². The number of benzene rings is 2. The van der Waals surface area contributed by atoms with E-state index in [1.165, 1.54) is 7.11 Å². The maximum atomic E-state index is 13.0. The number of methoxy groups -OCH3 is 1. The SMILES string of the molecule is COC(=O)[C@H](CC1CC1)NC(=O)[C@H](Cc1ccccc1)NC(=O)OCc1ccccc1. The number of esters is 1. The summed E-state index contributed by atoms with van der Waals surface area (Å²) in [5, 5.41) is 5.40. The van der Waals surface area contributed by atoms with Crippen LogP contribution in [-0.4, -0.2) is 37.2 Å². The van der Waals surface area contributed by atoms with Gasteiger partial charge in [0.25, 0.3) is 0 Å². The minimum absolute atomic E-state index is 0.0960. The number of carbonyl (C=O) groups excluding carboxylic acids is 3. The Morgan fingerprint density at radius 2 is 1.52 bits per heavy atom. The first-order chi connectivity index (χ1) is 15.0. The lowest BCUT2D eigenvalue weighted by molar-refractivity contribution is -0.145. The third-order valence-corrected chi connectivity index (χ3v) is 5.17. The molecular formula is C24H28N2O5. The summed E-state index contributed by atoms with van der Waals surface area (Å²) in [7, 11) is 1.30. The number of amides is 2. The number of hydrogen-bond acceptors (Lipinski definition) is 5. The molecule has 1 saturated carbocycles. The Balaban J connectivity index is 1.64. The van der Waals surface area contributed by atoms with E-state index in [2.05, 4.69) is 10.6 Å². The smallest absolute Gasteiger partial charge is 0.408 e. The number of carbonyl (C=O) groups is 3. The molecule has 0 aliphatic heterocycles. The molecule has 3 rings (SSSR count). The Kier molecular flexibility index (Phi) is 8.04. The van der Waals surface area contributed by atoms with E-state index in [0.29, 0.717) is 12.3 Å². The van der Waals surface area contributed by atoms with Crippen molar-refractivity contribution in [2.24, 2.45) is 5.92 Å². The average Bonchev–Trinajstić information content (AvgIpc) is 3.61. The van der Waals surface area contributed by atoms with E-state index in [0.717, 1.165) is 24.0 Å². The molecule has 0 saturated heterocycles. The van der Waals surface area contributed by atoms with Crippen LogP contribution < -0.4 is 10.6 Å². The second-order valence-corrected chi connectivity index (χ2v) is 7.71. The molecule has 1 aliphatic carbocycles. The van der Waals surface area contributed by atoms with Crippen molar-refractivity contribution in [1.82, 2.24) is 10.6 Å². The van der Waals surface area contributed by atoms with Crippen molar-refractivity contribution in [2.75, 3.05) is 7.11 Å². The molecule has 2 aromatic rings. The summed E-state index contributed by atoms with van der Waals surface area (Å²) in [5.74, 6) is -0.511. The van der Waals surface area contributed by atoms with Gasteiger partial charge in [0.15, 0.2) is 0 Å². The van der Waals surface area contributed by atoms with Crippen LogP contribution in [0.25, 0.3) is 0 Å². The zero-order valence-corrected chi connectivity index (χ0v) is 17.6.